The molecule has 0 saturated carbocycles. The molecular formula is C14H13ClFNS. The fraction of sp³-hybridized carbons (Fsp3) is 0.143. The summed E-state index contributed by atoms with van der Waals surface area (Å²) in [5.74, 6) is -0.269. The fourth-order valence-electron chi connectivity index (χ4n) is 1.53. The van der Waals surface area contributed by atoms with E-state index in [-0.39, 0.29) is 11.9 Å². The Hall–Kier alpha value is -1.03. The summed E-state index contributed by atoms with van der Waals surface area (Å²) >= 11 is 7.36. The zero-order valence-corrected chi connectivity index (χ0v) is 11.4. The van der Waals surface area contributed by atoms with E-state index in [1.54, 1.807) is 12.1 Å². The van der Waals surface area contributed by atoms with E-state index in [2.05, 4.69) is 0 Å². The van der Waals surface area contributed by atoms with Gasteiger partial charge in [0.25, 0.3) is 0 Å². The largest absolute Gasteiger partial charge is 0.324 e. The molecule has 0 aromatic heterocycles. The molecule has 0 bridgehead atoms. The number of benzene rings is 2. The highest BCUT2D eigenvalue weighted by Crippen LogP contribution is 2.35. The second-order valence-corrected chi connectivity index (χ2v) is 5.50. The van der Waals surface area contributed by atoms with Gasteiger partial charge in [-0.2, -0.15) is 0 Å². The minimum Gasteiger partial charge on any atom is -0.324 e. The van der Waals surface area contributed by atoms with Crippen molar-refractivity contribution in [3.63, 3.8) is 0 Å². The van der Waals surface area contributed by atoms with Crippen molar-refractivity contribution in [2.45, 2.75) is 22.8 Å². The van der Waals surface area contributed by atoms with Crippen molar-refractivity contribution in [1.29, 1.82) is 0 Å². The lowest BCUT2D eigenvalue weighted by atomic mass is 10.1. The Morgan fingerprint density at radius 3 is 2.50 bits per heavy atom. The summed E-state index contributed by atoms with van der Waals surface area (Å²) in [6.07, 6.45) is 0. The molecule has 18 heavy (non-hydrogen) atoms. The normalized spacial score (nSPS) is 12.4. The molecule has 2 aromatic rings. The topological polar surface area (TPSA) is 26.0 Å². The molecule has 2 rings (SSSR count). The van der Waals surface area contributed by atoms with Gasteiger partial charge in [0.1, 0.15) is 5.82 Å². The van der Waals surface area contributed by atoms with Crippen LogP contribution in [0.4, 0.5) is 4.39 Å². The molecule has 0 heterocycles. The molecule has 0 aliphatic rings. The molecule has 0 aliphatic carbocycles. The van der Waals surface area contributed by atoms with E-state index >= 15 is 0 Å². The lowest BCUT2D eigenvalue weighted by molar-refractivity contribution is 0.596. The van der Waals surface area contributed by atoms with Crippen molar-refractivity contribution in [1.82, 2.24) is 0 Å². The predicted molar refractivity (Wildman–Crippen MR) is 74.6 cm³/mol. The SMILES string of the molecule is CC(N)c1ccc(Sc2ccccc2Cl)c(F)c1. The molecule has 0 spiro atoms. The summed E-state index contributed by atoms with van der Waals surface area (Å²) in [4.78, 5) is 1.39. The average Bonchev–Trinajstić information content (AvgIpc) is 2.34. The highest BCUT2D eigenvalue weighted by atomic mass is 35.5. The molecule has 1 atom stereocenters. The molecule has 94 valence electrons. The minimum atomic E-state index is -0.269. The summed E-state index contributed by atoms with van der Waals surface area (Å²) < 4.78 is 13.9. The molecule has 0 aliphatic heterocycles. The lowest BCUT2D eigenvalue weighted by Gasteiger charge is -2.09. The quantitative estimate of drug-likeness (QED) is 0.886. The first kappa shape index (κ1) is 13.4. The van der Waals surface area contributed by atoms with Crippen LogP contribution in [0.1, 0.15) is 18.5 Å². The Balaban J connectivity index is 2.28. The Bertz CT molecular complexity index is 557. The van der Waals surface area contributed by atoms with Crippen molar-refractivity contribution < 1.29 is 4.39 Å². The first-order valence-corrected chi connectivity index (χ1v) is 6.75. The summed E-state index contributed by atoms with van der Waals surface area (Å²) in [7, 11) is 0. The van der Waals surface area contributed by atoms with Crippen LogP contribution >= 0.6 is 23.4 Å². The molecule has 0 amide bonds. The van der Waals surface area contributed by atoms with Gasteiger partial charge in [-0.15, -0.1) is 0 Å². The summed E-state index contributed by atoms with van der Waals surface area (Å²) in [5, 5.41) is 0.623. The number of rotatable bonds is 3. The minimum absolute atomic E-state index is 0.168. The van der Waals surface area contributed by atoms with Gasteiger partial charge in [-0.05, 0) is 36.8 Å². The van der Waals surface area contributed by atoms with Crippen molar-refractivity contribution >= 4 is 23.4 Å². The first-order valence-electron chi connectivity index (χ1n) is 5.55. The zero-order chi connectivity index (χ0) is 13.1. The molecule has 1 unspecified atom stereocenters. The van der Waals surface area contributed by atoms with Crippen LogP contribution in [0.25, 0.3) is 0 Å². The Morgan fingerprint density at radius 2 is 1.89 bits per heavy atom. The van der Waals surface area contributed by atoms with E-state index in [0.29, 0.717) is 9.92 Å². The van der Waals surface area contributed by atoms with Crippen LogP contribution in [-0.4, -0.2) is 0 Å². The molecule has 2 N–H and O–H groups in total. The maximum atomic E-state index is 13.9. The highest BCUT2D eigenvalue weighted by Gasteiger charge is 2.09. The van der Waals surface area contributed by atoms with E-state index in [1.165, 1.54) is 17.8 Å². The second kappa shape index (κ2) is 5.74. The third-order valence-corrected chi connectivity index (χ3v) is 4.11. The number of hydrogen-bond donors (Lipinski definition) is 1. The Morgan fingerprint density at radius 1 is 1.17 bits per heavy atom. The van der Waals surface area contributed by atoms with Crippen molar-refractivity contribution in [2.75, 3.05) is 0 Å². The monoisotopic (exact) mass is 281 g/mol. The van der Waals surface area contributed by atoms with Crippen LogP contribution in [0.15, 0.2) is 52.3 Å². The van der Waals surface area contributed by atoms with Crippen molar-refractivity contribution in [3.8, 4) is 0 Å². The fourth-order valence-corrected chi connectivity index (χ4v) is 2.62. The van der Waals surface area contributed by atoms with Gasteiger partial charge >= 0.3 is 0 Å². The Labute approximate surface area is 115 Å². The predicted octanol–water partition coefficient (Wildman–Crippen LogP) is 4.65. The number of halogens is 2. The van der Waals surface area contributed by atoms with Gasteiger partial charge in [0.15, 0.2) is 0 Å². The standard InChI is InChI=1S/C14H13ClFNS/c1-9(17)10-6-7-14(12(16)8-10)18-13-5-3-2-4-11(13)15/h2-9H,17H2,1H3. The van der Waals surface area contributed by atoms with Gasteiger partial charge in [0.2, 0.25) is 0 Å². The van der Waals surface area contributed by atoms with Crippen LogP contribution in [0.5, 0.6) is 0 Å². The molecule has 4 heteroatoms. The van der Waals surface area contributed by atoms with Crippen molar-refractivity contribution in [2.24, 2.45) is 5.73 Å². The van der Waals surface area contributed by atoms with Gasteiger partial charge in [-0.1, -0.05) is 41.6 Å². The maximum absolute atomic E-state index is 13.9. The summed E-state index contributed by atoms with van der Waals surface area (Å²) in [5.41, 5.74) is 6.50. The third kappa shape index (κ3) is 3.05. The maximum Gasteiger partial charge on any atom is 0.137 e. The average molecular weight is 282 g/mol. The van der Waals surface area contributed by atoms with Gasteiger partial charge < -0.3 is 5.73 Å². The highest BCUT2D eigenvalue weighted by molar-refractivity contribution is 7.99. The van der Waals surface area contributed by atoms with Crippen LogP contribution < -0.4 is 5.73 Å². The second-order valence-electron chi connectivity index (χ2n) is 4.01. The van der Waals surface area contributed by atoms with Crippen molar-refractivity contribution in [3.05, 3.63) is 58.9 Å². The van der Waals surface area contributed by atoms with E-state index < -0.39 is 0 Å². The van der Waals surface area contributed by atoms with E-state index in [4.69, 9.17) is 17.3 Å². The number of nitrogens with two attached hydrogens (primary N) is 1. The van der Waals surface area contributed by atoms with Gasteiger partial charge in [-0.25, -0.2) is 4.39 Å². The van der Waals surface area contributed by atoms with Crippen LogP contribution in [0.2, 0.25) is 5.02 Å². The third-order valence-electron chi connectivity index (χ3n) is 2.54. The molecule has 1 nitrogen and oxygen atoms in total. The molecule has 0 saturated heterocycles. The van der Waals surface area contributed by atoms with Gasteiger partial charge in [-0.3, -0.25) is 0 Å². The zero-order valence-electron chi connectivity index (χ0n) is 9.86. The molecule has 2 aromatic carbocycles. The lowest BCUT2D eigenvalue weighted by Crippen LogP contribution is -2.05. The van der Waals surface area contributed by atoms with Crippen LogP contribution in [-0.2, 0) is 0 Å². The number of hydrogen-bond acceptors (Lipinski definition) is 2. The summed E-state index contributed by atoms with van der Waals surface area (Å²) in [6, 6.07) is 12.3. The molecular weight excluding hydrogens is 269 g/mol. The smallest absolute Gasteiger partial charge is 0.137 e. The molecule has 0 fully saturated rings. The van der Waals surface area contributed by atoms with E-state index in [0.717, 1.165) is 10.5 Å². The van der Waals surface area contributed by atoms with Gasteiger partial charge in [0.05, 0.1) is 5.02 Å². The first-order chi connectivity index (χ1) is 8.58. The van der Waals surface area contributed by atoms with E-state index in [9.17, 15) is 4.39 Å². The Kier molecular flexibility index (Phi) is 4.27. The summed E-state index contributed by atoms with van der Waals surface area (Å²) in [6.45, 7) is 1.83. The van der Waals surface area contributed by atoms with Crippen LogP contribution in [0, 0.1) is 5.82 Å². The van der Waals surface area contributed by atoms with Crippen LogP contribution in [0.3, 0.4) is 0 Å². The van der Waals surface area contributed by atoms with Gasteiger partial charge in [0, 0.05) is 15.8 Å². The van der Waals surface area contributed by atoms with E-state index in [1.807, 2.05) is 31.2 Å². The molecule has 0 radical (unpaired) electrons.